The molecule has 4 N–H and O–H groups in total. The quantitative estimate of drug-likeness (QED) is 0.366. The van der Waals surface area contributed by atoms with Gasteiger partial charge in [0.25, 0.3) is 0 Å². The van der Waals surface area contributed by atoms with Crippen LogP contribution in [-0.2, 0) is 27.3 Å². The molecule has 34 heavy (non-hydrogen) atoms. The second kappa shape index (κ2) is 11.8. The summed E-state index contributed by atoms with van der Waals surface area (Å²) in [5, 5.41) is 18.5. The van der Waals surface area contributed by atoms with Crippen LogP contribution in [0.25, 0.3) is 10.8 Å². The predicted octanol–water partition coefficient (Wildman–Crippen LogP) is 2.61. The summed E-state index contributed by atoms with van der Waals surface area (Å²) in [6.45, 7) is 0.0177. The normalized spacial score (nSPS) is 12.5. The molecule has 9 heteroatoms. The molecule has 0 aliphatic heterocycles. The third-order valence-electron chi connectivity index (χ3n) is 5.27. The molecule has 3 amide bonds. The molecule has 3 rings (SSSR count). The van der Waals surface area contributed by atoms with E-state index in [0.29, 0.717) is 5.56 Å². The second-order valence-electron chi connectivity index (χ2n) is 7.71. The van der Waals surface area contributed by atoms with E-state index in [4.69, 9.17) is 9.84 Å². The van der Waals surface area contributed by atoms with Crippen LogP contribution in [0.1, 0.15) is 11.1 Å². The first-order chi connectivity index (χ1) is 16.4. The lowest BCUT2D eigenvalue weighted by Gasteiger charge is -2.22. The Morgan fingerprint density at radius 2 is 1.62 bits per heavy atom. The topological polar surface area (TPSA) is 117 Å². The number of ether oxygens (including phenoxy) is 1. The molecule has 178 valence electrons. The van der Waals surface area contributed by atoms with E-state index in [1.165, 1.54) is 31.4 Å². The molecule has 0 spiro atoms. The first-order valence-corrected chi connectivity index (χ1v) is 10.6. The summed E-state index contributed by atoms with van der Waals surface area (Å²) in [6, 6.07) is 16.9. The number of hydrogen-bond donors (Lipinski definition) is 4. The maximum atomic E-state index is 13.3. The molecular formula is C25H26FN3O5. The molecule has 2 unspecified atom stereocenters. The van der Waals surface area contributed by atoms with Crippen molar-refractivity contribution < 1.29 is 28.6 Å². The maximum Gasteiger partial charge on any atom is 0.405 e. The molecule has 0 radical (unpaired) electrons. The molecular weight excluding hydrogens is 441 g/mol. The van der Waals surface area contributed by atoms with Crippen LogP contribution >= 0.6 is 0 Å². The third-order valence-corrected chi connectivity index (χ3v) is 5.27. The molecule has 0 bridgehead atoms. The van der Waals surface area contributed by atoms with Crippen LogP contribution in [0, 0.1) is 5.82 Å². The lowest BCUT2D eigenvalue weighted by atomic mass is 10.0. The van der Waals surface area contributed by atoms with Gasteiger partial charge in [-0.15, -0.1) is 0 Å². The van der Waals surface area contributed by atoms with Gasteiger partial charge in [-0.05, 0) is 34.0 Å². The van der Waals surface area contributed by atoms with Gasteiger partial charge in [0.05, 0.1) is 6.61 Å². The van der Waals surface area contributed by atoms with E-state index in [0.717, 1.165) is 16.3 Å². The average Bonchev–Trinajstić information content (AvgIpc) is 2.82. The van der Waals surface area contributed by atoms with Gasteiger partial charge >= 0.3 is 6.09 Å². The highest BCUT2D eigenvalue weighted by atomic mass is 19.1. The zero-order chi connectivity index (χ0) is 24.5. The Hall–Kier alpha value is -3.98. The number of carboxylic acid groups (broad SMARTS) is 1. The molecule has 0 aliphatic carbocycles. The van der Waals surface area contributed by atoms with Crippen molar-refractivity contribution in [2.75, 3.05) is 13.7 Å². The minimum absolute atomic E-state index is 0.0835. The van der Waals surface area contributed by atoms with Crippen molar-refractivity contribution in [3.05, 3.63) is 83.7 Å². The van der Waals surface area contributed by atoms with Crippen LogP contribution < -0.4 is 16.0 Å². The fraction of sp³-hybridized carbons (Fsp3) is 0.240. The van der Waals surface area contributed by atoms with Crippen molar-refractivity contribution in [1.29, 1.82) is 0 Å². The average molecular weight is 467 g/mol. The standard InChI is InChI=1S/C25H26FN3O5/c1-34-15-22(29-25(32)33)24(31)28-21(13-16-9-11-19(26)12-10-16)23(30)27-14-18-7-4-6-17-5-2-3-8-20(17)18/h2-12,21-22,29H,13-15H2,1H3,(H,27,30)(H,28,31)(H,32,33). The summed E-state index contributed by atoms with van der Waals surface area (Å²) < 4.78 is 18.2. The molecule has 0 saturated heterocycles. The number of nitrogens with one attached hydrogen (secondary N) is 3. The Labute approximate surface area is 196 Å². The maximum absolute atomic E-state index is 13.3. The van der Waals surface area contributed by atoms with Crippen molar-refractivity contribution in [3.63, 3.8) is 0 Å². The first-order valence-electron chi connectivity index (χ1n) is 10.6. The van der Waals surface area contributed by atoms with Crippen molar-refractivity contribution in [2.24, 2.45) is 0 Å². The van der Waals surface area contributed by atoms with Crippen molar-refractivity contribution in [1.82, 2.24) is 16.0 Å². The zero-order valence-corrected chi connectivity index (χ0v) is 18.6. The van der Waals surface area contributed by atoms with Gasteiger partial charge in [-0.2, -0.15) is 0 Å². The van der Waals surface area contributed by atoms with Crippen LogP contribution in [0.3, 0.4) is 0 Å². The molecule has 3 aromatic rings. The highest BCUT2D eigenvalue weighted by Gasteiger charge is 2.27. The van der Waals surface area contributed by atoms with Crippen molar-refractivity contribution in [3.8, 4) is 0 Å². The fourth-order valence-corrected chi connectivity index (χ4v) is 3.59. The predicted molar refractivity (Wildman–Crippen MR) is 125 cm³/mol. The number of hydrogen-bond acceptors (Lipinski definition) is 4. The van der Waals surface area contributed by atoms with E-state index in [9.17, 15) is 18.8 Å². The Morgan fingerprint density at radius 1 is 0.912 bits per heavy atom. The molecule has 0 aliphatic rings. The summed E-state index contributed by atoms with van der Waals surface area (Å²) in [5.41, 5.74) is 1.53. The van der Waals surface area contributed by atoms with Crippen molar-refractivity contribution in [2.45, 2.75) is 25.0 Å². The zero-order valence-electron chi connectivity index (χ0n) is 18.6. The minimum Gasteiger partial charge on any atom is -0.465 e. The number of halogens is 1. The van der Waals surface area contributed by atoms with E-state index < -0.39 is 35.8 Å². The van der Waals surface area contributed by atoms with Crippen LogP contribution in [0.4, 0.5) is 9.18 Å². The summed E-state index contributed by atoms with van der Waals surface area (Å²) in [4.78, 5) is 36.9. The largest absolute Gasteiger partial charge is 0.465 e. The summed E-state index contributed by atoms with van der Waals surface area (Å²) in [5.74, 6) is -1.59. The monoisotopic (exact) mass is 467 g/mol. The number of fused-ring (bicyclic) bond motifs is 1. The molecule has 2 atom stereocenters. The molecule has 3 aromatic carbocycles. The van der Waals surface area contributed by atoms with Crippen LogP contribution in [0.5, 0.6) is 0 Å². The highest BCUT2D eigenvalue weighted by Crippen LogP contribution is 2.18. The minimum atomic E-state index is -1.40. The third kappa shape index (κ3) is 6.76. The molecule has 8 nitrogen and oxygen atoms in total. The van der Waals surface area contributed by atoms with E-state index in [2.05, 4.69) is 16.0 Å². The molecule has 0 aromatic heterocycles. The highest BCUT2D eigenvalue weighted by molar-refractivity contribution is 5.92. The summed E-state index contributed by atoms with van der Waals surface area (Å²) >= 11 is 0. The van der Waals surface area contributed by atoms with Crippen molar-refractivity contribution >= 4 is 28.7 Å². The fourth-order valence-electron chi connectivity index (χ4n) is 3.59. The summed E-state index contributed by atoms with van der Waals surface area (Å²) in [6.07, 6.45) is -1.31. The smallest absolute Gasteiger partial charge is 0.405 e. The first kappa shape index (κ1) is 24.7. The Morgan fingerprint density at radius 3 is 2.32 bits per heavy atom. The van der Waals surface area contributed by atoms with Gasteiger partial charge in [-0.1, -0.05) is 54.6 Å². The second-order valence-corrected chi connectivity index (χ2v) is 7.71. The number of benzene rings is 3. The molecule has 0 saturated carbocycles. The van der Waals surface area contributed by atoms with E-state index in [1.54, 1.807) is 0 Å². The van der Waals surface area contributed by atoms with Gasteiger partial charge in [-0.25, -0.2) is 9.18 Å². The van der Waals surface area contributed by atoms with Gasteiger partial charge in [0.2, 0.25) is 11.8 Å². The van der Waals surface area contributed by atoms with Crippen LogP contribution in [0.2, 0.25) is 0 Å². The SMILES string of the molecule is COCC(NC(=O)O)C(=O)NC(Cc1ccc(F)cc1)C(=O)NCc1cccc2ccccc12. The van der Waals surface area contributed by atoms with E-state index >= 15 is 0 Å². The van der Waals surface area contributed by atoms with Crippen LogP contribution in [0.15, 0.2) is 66.7 Å². The Balaban J connectivity index is 1.77. The van der Waals surface area contributed by atoms with E-state index in [-0.39, 0.29) is 19.6 Å². The molecule has 0 heterocycles. The number of carbonyl (C=O) groups is 3. The number of amides is 3. The Bertz CT molecular complexity index is 1150. The lowest BCUT2D eigenvalue weighted by molar-refractivity contribution is -0.130. The number of methoxy groups -OCH3 is 1. The summed E-state index contributed by atoms with van der Waals surface area (Å²) in [7, 11) is 1.33. The van der Waals surface area contributed by atoms with Gasteiger partial charge < -0.3 is 25.8 Å². The van der Waals surface area contributed by atoms with Gasteiger partial charge in [-0.3, -0.25) is 9.59 Å². The number of rotatable bonds is 10. The van der Waals surface area contributed by atoms with Gasteiger partial charge in [0.15, 0.2) is 0 Å². The Kier molecular flexibility index (Phi) is 8.53. The van der Waals surface area contributed by atoms with Gasteiger partial charge in [0.1, 0.15) is 17.9 Å². The van der Waals surface area contributed by atoms with Gasteiger partial charge in [0, 0.05) is 20.1 Å². The lowest BCUT2D eigenvalue weighted by Crippen LogP contribution is -2.55. The molecule has 0 fully saturated rings. The van der Waals surface area contributed by atoms with E-state index in [1.807, 2.05) is 42.5 Å². The number of carbonyl (C=O) groups excluding carboxylic acids is 2. The van der Waals surface area contributed by atoms with Crippen LogP contribution in [-0.4, -0.2) is 48.8 Å².